The Bertz CT molecular complexity index is 1330. The number of benzene rings is 3. The lowest BCUT2D eigenvalue weighted by atomic mass is 10.1. The van der Waals surface area contributed by atoms with Crippen LogP contribution in [0.1, 0.15) is 27.0 Å². The lowest BCUT2D eigenvalue weighted by Gasteiger charge is -2.10. The standard InChI is InChI=1S/C25H16ClN3O3S/c26-20-11-9-16(10-12-20)23(30)28-25-29-24(31)22(33-25)13-17-5-3-4-8-21(17)32-15-19-7-2-1-6-18(19)14-27/h1-13H,15H2,(H,28,29,30,31)/b22-13-. The lowest BCUT2D eigenvalue weighted by Crippen LogP contribution is -2.20. The van der Waals surface area contributed by atoms with Gasteiger partial charge in [-0.3, -0.25) is 9.59 Å². The average molecular weight is 474 g/mol. The van der Waals surface area contributed by atoms with E-state index in [9.17, 15) is 14.9 Å². The van der Waals surface area contributed by atoms with E-state index in [1.165, 1.54) is 0 Å². The molecule has 0 aliphatic carbocycles. The minimum absolute atomic E-state index is 0.201. The number of halogens is 1. The first-order chi connectivity index (χ1) is 16.0. The van der Waals surface area contributed by atoms with Gasteiger partial charge in [0.15, 0.2) is 5.17 Å². The zero-order chi connectivity index (χ0) is 23.2. The van der Waals surface area contributed by atoms with Gasteiger partial charge < -0.3 is 10.1 Å². The summed E-state index contributed by atoms with van der Waals surface area (Å²) in [5.41, 5.74) is 2.38. The maximum Gasteiger partial charge on any atom is 0.279 e. The van der Waals surface area contributed by atoms with Gasteiger partial charge in [0.1, 0.15) is 12.4 Å². The lowest BCUT2D eigenvalue weighted by molar-refractivity contribution is -0.115. The van der Waals surface area contributed by atoms with Crippen molar-refractivity contribution >= 4 is 46.4 Å². The minimum Gasteiger partial charge on any atom is -0.488 e. The fourth-order valence-electron chi connectivity index (χ4n) is 3.01. The number of nitrogens with zero attached hydrogens (tertiary/aromatic N) is 2. The second-order valence-electron chi connectivity index (χ2n) is 6.89. The summed E-state index contributed by atoms with van der Waals surface area (Å²) < 4.78 is 5.94. The quantitative estimate of drug-likeness (QED) is 0.515. The van der Waals surface area contributed by atoms with Gasteiger partial charge in [-0.05, 0) is 54.2 Å². The molecule has 1 aliphatic rings. The number of amidine groups is 1. The molecule has 3 aromatic carbocycles. The van der Waals surface area contributed by atoms with Crippen molar-refractivity contribution in [1.29, 1.82) is 5.26 Å². The maximum atomic E-state index is 12.4. The van der Waals surface area contributed by atoms with Crippen molar-refractivity contribution in [2.45, 2.75) is 6.61 Å². The van der Waals surface area contributed by atoms with Crippen LogP contribution >= 0.6 is 23.4 Å². The molecule has 8 heteroatoms. The molecule has 162 valence electrons. The summed E-state index contributed by atoms with van der Waals surface area (Å²) in [6.45, 7) is 0.214. The molecule has 1 N–H and O–H groups in total. The molecule has 0 spiro atoms. The zero-order valence-electron chi connectivity index (χ0n) is 17.1. The normalized spacial score (nSPS) is 15.3. The first kappa shape index (κ1) is 22.3. The number of carbonyl (C=O) groups excluding carboxylic acids is 2. The number of amides is 2. The Labute approximate surface area is 199 Å². The van der Waals surface area contributed by atoms with Crippen molar-refractivity contribution in [2.24, 2.45) is 4.99 Å². The topological polar surface area (TPSA) is 91.5 Å². The van der Waals surface area contributed by atoms with E-state index in [2.05, 4.69) is 16.4 Å². The van der Waals surface area contributed by atoms with E-state index in [0.29, 0.717) is 32.4 Å². The Balaban J connectivity index is 1.51. The van der Waals surface area contributed by atoms with Crippen LogP contribution < -0.4 is 10.1 Å². The summed E-state index contributed by atoms with van der Waals surface area (Å²) in [6.07, 6.45) is 1.68. The average Bonchev–Trinajstić information content (AvgIpc) is 3.17. The summed E-state index contributed by atoms with van der Waals surface area (Å²) >= 11 is 6.92. The summed E-state index contributed by atoms with van der Waals surface area (Å²) in [6, 6.07) is 23.0. The van der Waals surface area contributed by atoms with Gasteiger partial charge in [0.2, 0.25) is 0 Å². The first-order valence-corrected chi connectivity index (χ1v) is 11.0. The highest BCUT2D eigenvalue weighted by molar-refractivity contribution is 8.18. The number of para-hydroxylation sites is 1. The predicted octanol–water partition coefficient (Wildman–Crippen LogP) is 5.19. The molecule has 0 saturated carbocycles. The Morgan fingerprint density at radius 1 is 1.09 bits per heavy atom. The van der Waals surface area contributed by atoms with Crippen LogP contribution in [0.4, 0.5) is 0 Å². The molecule has 1 saturated heterocycles. The van der Waals surface area contributed by atoms with Crippen LogP contribution in [0.25, 0.3) is 6.08 Å². The van der Waals surface area contributed by atoms with Crippen LogP contribution in [-0.2, 0) is 11.4 Å². The van der Waals surface area contributed by atoms with Crippen molar-refractivity contribution in [1.82, 2.24) is 5.32 Å². The van der Waals surface area contributed by atoms with Gasteiger partial charge in [0, 0.05) is 21.7 Å². The monoisotopic (exact) mass is 473 g/mol. The van der Waals surface area contributed by atoms with Crippen molar-refractivity contribution in [3.05, 3.63) is 105 Å². The molecular formula is C25H16ClN3O3S. The summed E-state index contributed by atoms with van der Waals surface area (Å²) in [5.74, 6) is -0.267. The van der Waals surface area contributed by atoms with Crippen LogP contribution in [-0.4, -0.2) is 17.0 Å². The molecule has 4 rings (SSSR count). The summed E-state index contributed by atoms with van der Waals surface area (Å²) in [4.78, 5) is 29.2. The first-order valence-electron chi connectivity index (χ1n) is 9.83. The predicted molar refractivity (Wildman–Crippen MR) is 129 cm³/mol. The Hall–Kier alpha value is -3.86. The van der Waals surface area contributed by atoms with Gasteiger partial charge >= 0.3 is 0 Å². The zero-order valence-corrected chi connectivity index (χ0v) is 18.7. The molecule has 0 radical (unpaired) electrons. The second kappa shape index (κ2) is 10.2. The molecule has 1 heterocycles. The van der Waals surface area contributed by atoms with Gasteiger partial charge in [0.25, 0.3) is 11.8 Å². The number of nitrogens with one attached hydrogen (secondary N) is 1. The van der Waals surface area contributed by atoms with E-state index in [4.69, 9.17) is 16.3 Å². The number of nitriles is 1. The summed E-state index contributed by atoms with van der Waals surface area (Å²) in [7, 11) is 0. The number of carbonyl (C=O) groups is 2. The van der Waals surface area contributed by atoms with Gasteiger partial charge in [-0.1, -0.05) is 48.0 Å². The largest absolute Gasteiger partial charge is 0.488 e. The molecule has 33 heavy (non-hydrogen) atoms. The van der Waals surface area contributed by atoms with Crippen molar-refractivity contribution in [3.8, 4) is 11.8 Å². The Morgan fingerprint density at radius 2 is 1.82 bits per heavy atom. The molecule has 0 bridgehead atoms. The van der Waals surface area contributed by atoms with E-state index in [0.717, 1.165) is 17.3 Å². The van der Waals surface area contributed by atoms with Crippen LogP contribution in [0, 0.1) is 11.3 Å². The highest BCUT2D eigenvalue weighted by atomic mass is 35.5. The molecule has 0 atom stereocenters. The van der Waals surface area contributed by atoms with Gasteiger partial charge in [-0.15, -0.1) is 0 Å². The minimum atomic E-state index is -0.476. The van der Waals surface area contributed by atoms with E-state index in [-0.39, 0.29) is 17.7 Å². The molecule has 2 amide bonds. The molecule has 0 unspecified atom stereocenters. The Morgan fingerprint density at radius 3 is 2.61 bits per heavy atom. The number of hydrogen-bond acceptors (Lipinski definition) is 5. The molecular weight excluding hydrogens is 458 g/mol. The highest BCUT2D eigenvalue weighted by Gasteiger charge is 2.25. The number of hydrogen-bond donors (Lipinski definition) is 1. The highest BCUT2D eigenvalue weighted by Crippen LogP contribution is 2.30. The molecule has 0 aromatic heterocycles. The van der Waals surface area contributed by atoms with Gasteiger partial charge in [0.05, 0.1) is 16.5 Å². The van der Waals surface area contributed by atoms with Crippen LogP contribution in [0.3, 0.4) is 0 Å². The van der Waals surface area contributed by atoms with E-state index in [1.807, 2.05) is 30.3 Å². The number of ether oxygens (including phenoxy) is 1. The van der Waals surface area contributed by atoms with E-state index < -0.39 is 5.91 Å². The number of rotatable bonds is 5. The molecule has 1 fully saturated rings. The van der Waals surface area contributed by atoms with Crippen molar-refractivity contribution in [2.75, 3.05) is 0 Å². The second-order valence-corrected chi connectivity index (χ2v) is 8.36. The molecule has 3 aromatic rings. The van der Waals surface area contributed by atoms with Crippen LogP contribution in [0.2, 0.25) is 5.02 Å². The third-order valence-corrected chi connectivity index (χ3v) is 5.83. The fourth-order valence-corrected chi connectivity index (χ4v) is 3.95. The Kier molecular flexibility index (Phi) is 6.89. The SMILES string of the molecule is N#Cc1ccccc1COc1ccccc1/C=C1\SC(=NC(=O)c2ccc(Cl)cc2)NC1=O. The van der Waals surface area contributed by atoms with Crippen LogP contribution in [0.15, 0.2) is 82.7 Å². The smallest absolute Gasteiger partial charge is 0.279 e. The van der Waals surface area contributed by atoms with Gasteiger partial charge in [-0.25, -0.2) is 0 Å². The fraction of sp³-hybridized carbons (Fsp3) is 0.0400. The number of thioether (sulfide) groups is 1. The van der Waals surface area contributed by atoms with E-state index >= 15 is 0 Å². The third-order valence-electron chi connectivity index (χ3n) is 4.67. The summed E-state index contributed by atoms with van der Waals surface area (Å²) in [5, 5.41) is 12.6. The van der Waals surface area contributed by atoms with Gasteiger partial charge in [-0.2, -0.15) is 10.3 Å². The molecule has 6 nitrogen and oxygen atoms in total. The van der Waals surface area contributed by atoms with E-state index in [1.54, 1.807) is 48.5 Å². The molecule has 1 aliphatic heterocycles. The maximum absolute atomic E-state index is 12.4. The number of aliphatic imine (C=N–C) groups is 1. The van der Waals surface area contributed by atoms with Crippen LogP contribution in [0.5, 0.6) is 5.75 Å². The van der Waals surface area contributed by atoms with Crippen molar-refractivity contribution < 1.29 is 14.3 Å². The third kappa shape index (κ3) is 5.50. The van der Waals surface area contributed by atoms with Crippen molar-refractivity contribution in [3.63, 3.8) is 0 Å².